The van der Waals surface area contributed by atoms with Crippen LogP contribution < -0.4 is 0 Å². The second kappa shape index (κ2) is 8.52. The molecule has 30 heavy (non-hydrogen) atoms. The van der Waals surface area contributed by atoms with Crippen molar-refractivity contribution in [1.82, 2.24) is 40.1 Å². The monoisotopic (exact) mass is 402 g/mol. The van der Waals surface area contributed by atoms with Crippen molar-refractivity contribution in [1.29, 1.82) is 0 Å². The molecule has 4 aromatic rings. The molecule has 0 atom stereocenters. The van der Waals surface area contributed by atoms with Crippen molar-refractivity contribution in [2.75, 3.05) is 26.2 Å². The number of piperazine rings is 1. The van der Waals surface area contributed by atoms with Gasteiger partial charge in [0.25, 0.3) is 0 Å². The molecule has 0 aliphatic carbocycles. The Morgan fingerprint density at radius 1 is 0.800 bits per heavy atom. The van der Waals surface area contributed by atoms with Gasteiger partial charge in [-0.3, -0.25) is 9.80 Å². The van der Waals surface area contributed by atoms with Crippen LogP contribution in [0.1, 0.15) is 11.7 Å². The molecule has 2 aromatic carbocycles. The van der Waals surface area contributed by atoms with Crippen LogP contribution in [-0.4, -0.2) is 66.3 Å². The van der Waals surface area contributed by atoms with E-state index in [1.807, 2.05) is 60.7 Å². The third-order valence-corrected chi connectivity index (χ3v) is 5.22. The maximum atomic E-state index is 5.45. The molecule has 2 aromatic heterocycles. The Labute approximate surface area is 173 Å². The number of hydrogen-bond donors (Lipinski definition) is 0. The fourth-order valence-corrected chi connectivity index (χ4v) is 3.59. The van der Waals surface area contributed by atoms with Gasteiger partial charge in [-0.1, -0.05) is 53.7 Å². The van der Waals surface area contributed by atoms with Crippen LogP contribution in [-0.2, 0) is 13.1 Å². The van der Waals surface area contributed by atoms with Gasteiger partial charge in [0.15, 0.2) is 5.82 Å². The van der Waals surface area contributed by atoms with E-state index in [1.54, 1.807) is 4.68 Å². The van der Waals surface area contributed by atoms with Crippen LogP contribution in [0.5, 0.6) is 0 Å². The van der Waals surface area contributed by atoms with Crippen molar-refractivity contribution in [3.63, 3.8) is 0 Å². The average molecular weight is 402 g/mol. The Kier molecular flexibility index (Phi) is 5.28. The molecule has 1 aliphatic heterocycles. The fourth-order valence-electron chi connectivity index (χ4n) is 3.59. The predicted octanol–water partition coefficient (Wildman–Crippen LogP) is 2.03. The molecular formula is C21H22N8O. The summed E-state index contributed by atoms with van der Waals surface area (Å²) in [4.78, 5) is 9.23. The first-order valence-corrected chi connectivity index (χ1v) is 10.0. The number of benzene rings is 2. The Hall–Kier alpha value is -3.43. The van der Waals surface area contributed by atoms with Crippen LogP contribution in [0.3, 0.4) is 0 Å². The third kappa shape index (κ3) is 4.12. The number of nitrogens with zero attached hydrogens (tertiary/aromatic N) is 8. The lowest BCUT2D eigenvalue weighted by Gasteiger charge is -2.33. The van der Waals surface area contributed by atoms with E-state index in [0.717, 1.165) is 43.3 Å². The largest absolute Gasteiger partial charge is 0.338 e. The molecule has 0 unspecified atom stereocenters. The maximum Gasteiger partial charge on any atom is 0.241 e. The van der Waals surface area contributed by atoms with Gasteiger partial charge in [-0.15, -0.1) is 5.10 Å². The zero-order valence-corrected chi connectivity index (χ0v) is 16.5. The predicted molar refractivity (Wildman–Crippen MR) is 109 cm³/mol. The lowest BCUT2D eigenvalue weighted by molar-refractivity contribution is 0.110. The molecule has 0 saturated carbocycles. The van der Waals surface area contributed by atoms with Crippen LogP contribution in [0.15, 0.2) is 65.2 Å². The molecule has 5 rings (SSSR count). The first-order valence-electron chi connectivity index (χ1n) is 10.0. The van der Waals surface area contributed by atoms with Crippen molar-refractivity contribution in [2.24, 2.45) is 0 Å². The van der Waals surface area contributed by atoms with E-state index in [9.17, 15) is 0 Å². The van der Waals surface area contributed by atoms with Crippen LogP contribution in [0.4, 0.5) is 0 Å². The standard InChI is InChI=1S/C21H22N8O/c1-3-7-17(8-4-1)21-22-20(30-24-21)16-28-13-11-27(12-14-28)15-19-23-25-26-29(19)18-9-5-2-6-10-18/h1-10H,11-16H2. The molecule has 0 amide bonds. The first kappa shape index (κ1) is 18.6. The molecule has 1 fully saturated rings. The summed E-state index contributed by atoms with van der Waals surface area (Å²) in [5.74, 6) is 2.13. The minimum atomic E-state index is 0.636. The van der Waals surface area contributed by atoms with Crippen molar-refractivity contribution < 1.29 is 4.52 Å². The second-order valence-electron chi connectivity index (χ2n) is 7.27. The van der Waals surface area contributed by atoms with E-state index in [1.165, 1.54) is 0 Å². The highest BCUT2D eigenvalue weighted by atomic mass is 16.5. The molecule has 0 bridgehead atoms. The molecule has 0 N–H and O–H groups in total. The summed E-state index contributed by atoms with van der Waals surface area (Å²) in [6, 6.07) is 19.9. The molecule has 1 aliphatic rings. The number of tetrazole rings is 1. The summed E-state index contributed by atoms with van der Waals surface area (Å²) < 4.78 is 7.25. The van der Waals surface area contributed by atoms with Gasteiger partial charge in [0.2, 0.25) is 11.7 Å². The molecule has 3 heterocycles. The van der Waals surface area contributed by atoms with Crippen LogP contribution >= 0.6 is 0 Å². The SMILES string of the molecule is c1ccc(-c2noc(CN3CCN(Cc4nnnn4-c4ccccc4)CC3)n2)cc1. The van der Waals surface area contributed by atoms with E-state index < -0.39 is 0 Å². The van der Waals surface area contributed by atoms with E-state index in [4.69, 9.17) is 4.52 Å². The van der Waals surface area contributed by atoms with E-state index in [2.05, 4.69) is 35.5 Å². The van der Waals surface area contributed by atoms with Crippen molar-refractivity contribution in [3.8, 4) is 17.1 Å². The zero-order valence-electron chi connectivity index (χ0n) is 16.5. The van der Waals surface area contributed by atoms with Crippen LogP contribution in [0, 0.1) is 0 Å². The van der Waals surface area contributed by atoms with Crippen molar-refractivity contribution >= 4 is 0 Å². The third-order valence-electron chi connectivity index (χ3n) is 5.22. The second-order valence-corrected chi connectivity index (χ2v) is 7.27. The summed E-state index contributed by atoms with van der Waals surface area (Å²) in [5, 5.41) is 16.3. The summed E-state index contributed by atoms with van der Waals surface area (Å²) in [7, 11) is 0. The van der Waals surface area contributed by atoms with Crippen molar-refractivity contribution in [3.05, 3.63) is 72.4 Å². The van der Waals surface area contributed by atoms with Gasteiger partial charge in [0.05, 0.1) is 18.8 Å². The molecular weight excluding hydrogens is 380 g/mol. The molecule has 0 radical (unpaired) electrons. The average Bonchev–Trinajstić information content (AvgIpc) is 3.46. The lowest BCUT2D eigenvalue weighted by Crippen LogP contribution is -2.45. The number of rotatable bonds is 6. The molecule has 152 valence electrons. The molecule has 9 heteroatoms. The minimum absolute atomic E-state index is 0.636. The van der Waals surface area contributed by atoms with Gasteiger partial charge >= 0.3 is 0 Å². The van der Waals surface area contributed by atoms with Crippen LogP contribution in [0.2, 0.25) is 0 Å². The lowest BCUT2D eigenvalue weighted by atomic mass is 10.2. The first-order chi connectivity index (χ1) is 14.8. The molecule has 0 spiro atoms. The van der Waals surface area contributed by atoms with Gasteiger partial charge < -0.3 is 4.52 Å². The van der Waals surface area contributed by atoms with E-state index in [0.29, 0.717) is 24.8 Å². The maximum absolute atomic E-state index is 5.45. The zero-order chi connectivity index (χ0) is 20.2. The highest BCUT2D eigenvalue weighted by molar-refractivity contribution is 5.53. The normalized spacial score (nSPS) is 15.5. The van der Waals surface area contributed by atoms with Gasteiger partial charge in [0, 0.05) is 31.7 Å². The quantitative estimate of drug-likeness (QED) is 0.484. The van der Waals surface area contributed by atoms with E-state index >= 15 is 0 Å². The number of para-hydroxylation sites is 1. The van der Waals surface area contributed by atoms with E-state index in [-0.39, 0.29) is 0 Å². The van der Waals surface area contributed by atoms with Gasteiger partial charge in [-0.05, 0) is 22.6 Å². The summed E-state index contributed by atoms with van der Waals surface area (Å²) >= 11 is 0. The fraction of sp³-hybridized carbons (Fsp3) is 0.286. The Morgan fingerprint density at radius 3 is 2.20 bits per heavy atom. The molecule has 1 saturated heterocycles. The van der Waals surface area contributed by atoms with Gasteiger partial charge in [-0.25, -0.2) is 0 Å². The highest BCUT2D eigenvalue weighted by Crippen LogP contribution is 2.16. The van der Waals surface area contributed by atoms with Gasteiger partial charge in [-0.2, -0.15) is 9.67 Å². The highest BCUT2D eigenvalue weighted by Gasteiger charge is 2.21. The number of aromatic nitrogens is 6. The Balaban J connectivity index is 1.16. The van der Waals surface area contributed by atoms with Crippen LogP contribution in [0.25, 0.3) is 17.1 Å². The Bertz CT molecular complexity index is 1070. The summed E-state index contributed by atoms with van der Waals surface area (Å²) in [5.41, 5.74) is 1.94. The smallest absolute Gasteiger partial charge is 0.241 e. The number of hydrogen-bond acceptors (Lipinski definition) is 8. The Morgan fingerprint density at radius 2 is 1.47 bits per heavy atom. The summed E-state index contributed by atoms with van der Waals surface area (Å²) in [6.07, 6.45) is 0. The minimum Gasteiger partial charge on any atom is -0.338 e. The summed E-state index contributed by atoms with van der Waals surface area (Å²) in [6.45, 7) is 5.10. The molecule has 9 nitrogen and oxygen atoms in total. The van der Waals surface area contributed by atoms with Crippen molar-refractivity contribution in [2.45, 2.75) is 13.1 Å². The van der Waals surface area contributed by atoms with Gasteiger partial charge in [0.1, 0.15) is 0 Å². The topological polar surface area (TPSA) is 89.0 Å².